The molecule has 0 unspecified atom stereocenters. The van der Waals surface area contributed by atoms with Gasteiger partial charge in [-0.1, -0.05) is 0 Å². The van der Waals surface area contributed by atoms with E-state index in [1.807, 2.05) is 18.3 Å². The highest BCUT2D eigenvalue weighted by Crippen LogP contribution is 2.38. The molecule has 0 saturated heterocycles. The van der Waals surface area contributed by atoms with Crippen LogP contribution in [0.2, 0.25) is 0 Å². The number of methoxy groups -OCH3 is 1. The fourth-order valence-corrected chi connectivity index (χ4v) is 3.50. The summed E-state index contributed by atoms with van der Waals surface area (Å²) in [5.74, 6) is 0.931. The molecule has 1 N–H and O–H groups in total. The summed E-state index contributed by atoms with van der Waals surface area (Å²) in [6.07, 6.45) is 11.5. The number of rotatable bonds is 6. The van der Waals surface area contributed by atoms with E-state index in [-0.39, 0.29) is 12.5 Å². The average Bonchev–Trinajstić information content (AvgIpc) is 2.68. The van der Waals surface area contributed by atoms with Gasteiger partial charge >= 0.3 is 0 Å². The number of nitrogens with one attached hydrogen (secondary N) is 1. The standard InChI is InChI=1S/C19H24N4O2/c1-25-12-18(24)22-10-14-2-4-16(5-3-14)19-17(11-21-13-23-19)15-6-8-20-9-7-15/h6-9,11,13-14,16H,2-5,10,12H2,1H3,(H,22,24). The van der Waals surface area contributed by atoms with Gasteiger partial charge in [0.1, 0.15) is 12.9 Å². The Hall–Kier alpha value is -2.34. The maximum Gasteiger partial charge on any atom is 0.245 e. The van der Waals surface area contributed by atoms with Crippen LogP contribution in [0.25, 0.3) is 11.1 Å². The average molecular weight is 340 g/mol. The number of carbonyl (C=O) groups excluding carboxylic acids is 1. The minimum atomic E-state index is -0.0413. The molecule has 0 radical (unpaired) electrons. The Morgan fingerprint density at radius 3 is 2.68 bits per heavy atom. The minimum Gasteiger partial charge on any atom is -0.375 e. The van der Waals surface area contributed by atoms with E-state index in [4.69, 9.17) is 4.74 Å². The van der Waals surface area contributed by atoms with Crippen LogP contribution < -0.4 is 5.32 Å². The van der Waals surface area contributed by atoms with E-state index in [1.165, 1.54) is 7.11 Å². The number of amides is 1. The lowest BCUT2D eigenvalue weighted by Gasteiger charge is -2.29. The second-order valence-corrected chi connectivity index (χ2v) is 6.51. The highest BCUT2D eigenvalue weighted by atomic mass is 16.5. The lowest BCUT2D eigenvalue weighted by atomic mass is 9.79. The van der Waals surface area contributed by atoms with Crippen LogP contribution in [0, 0.1) is 5.92 Å². The highest BCUT2D eigenvalue weighted by Gasteiger charge is 2.25. The number of hydrogen-bond donors (Lipinski definition) is 1. The fraction of sp³-hybridized carbons (Fsp3) is 0.474. The summed E-state index contributed by atoms with van der Waals surface area (Å²) in [6, 6.07) is 4.00. The predicted octanol–water partition coefficient (Wildman–Crippen LogP) is 2.58. The van der Waals surface area contributed by atoms with Crippen molar-refractivity contribution >= 4 is 5.91 Å². The van der Waals surface area contributed by atoms with Crippen LogP contribution in [0.15, 0.2) is 37.1 Å². The molecule has 3 rings (SSSR count). The van der Waals surface area contributed by atoms with Gasteiger partial charge in [-0.05, 0) is 49.3 Å². The van der Waals surface area contributed by atoms with Crippen molar-refractivity contribution in [1.29, 1.82) is 0 Å². The molecule has 25 heavy (non-hydrogen) atoms. The van der Waals surface area contributed by atoms with E-state index in [2.05, 4.69) is 20.3 Å². The van der Waals surface area contributed by atoms with Gasteiger partial charge in [-0.3, -0.25) is 9.78 Å². The molecule has 6 heteroatoms. The van der Waals surface area contributed by atoms with Crippen molar-refractivity contribution in [3.05, 3.63) is 42.7 Å². The zero-order valence-electron chi connectivity index (χ0n) is 14.5. The van der Waals surface area contributed by atoms with Crippen molar-refractivity contribution in [2.75, 3.05) is 20.3 Å². The molecule has 2 aromatic rings. The van der Waals surface area contributed by atoms with Crippen molar-refractivity contribution in [1.82, 2.24) is 20.3 Å². The van der Waals surface area contributed by atoms with Gasteiger partial charge in [-0.25, -0.2) is 9.97 Å². The van der Waals surface area contributed by atoms with Crippen LogP contribution in [0.5, 0.6) is 0 Å². The zero-order chi connectivity index (χ0) is 17.5. The summed E-state index contributed by atoms with van der Waals surface area (Å²) in [6.45, 7) is 0.863. The molecule has 1 amide bonds. The number of nitrogens with zero attached hydrogens (tertiary/aromatic N) is 3. The molecule has 0 atom stereocenters. The van der Waals surface area contributed by atoms with E-state index < -0.39 is 0 Å². The fourth-order valence-electron chi connectivity index (χ4n) is 3.50. The molecule has 2 heterocycles. The summed E-state index contributed by atoms with van der Waals surface area (Å²) in [5.41, 5.74) is 3.34. The van der Waals surface area contributed by atoms with E-state index in [1.54, 1.807) is 18.7 Å². The van der Waals surface area contributed by atoms with E-state index in [0.717, 1.165) is 49.0 Å². The monoisotopic (exact) mass is 340 g/mol. The number of pyridine rings is 1. The van der Waals surface area contributed by atoms with Crippen LogP contribution in [-0.4, -0.2) is 41.1 Å². The van der Waals surface area contributed by atoms with Gasteiger partial charge in [0.2, 0.25) is 5.91 Å². The Morgan fingerprint density at radius 2 is 1.96 bits per heavy atom. The normalized spacial score (nSPS) is 20.2. The number of ether oxygens (including phenoxy) is 1. The van der Waals surface area contributed by atoms with Crippen molar-refractivity contribution in [3.8, 4) is 11.1 Å². The maximum atomic E-state index is 11.5. The number of aromatic nitrogens is 3. The van der Waals surface area contributed by atoms with Gasteiger partial charge in [0.05, 0.1) is 5.69 Å². The van der Waals surface area contributed by atoms with Gasteiger partial charge < -0.3 is 10.1 Å². The molecule has 0 aliphatic heterocycles. The number of hydrogen-bond acceptors (Lipinski definition) is 5. The van der Waals surface area contributed by atoms with Crippen LogP contribution in [0.1, 0.15) is 37.3 Å². The van der Waals surface area contributed by atoms with Crippen LogP contribution >= 0.6 is 0 Å². The molecular weight excluding hydrogens is 316 g/mol. The largest absolute Gasteiger partial charge is 0.375 e. The Kier molecular flexibility index (Phi) is 6.06. The topological polar surface area (TPSA) is 77.0 Å². The first-order chi connectivity index (χ1) is 12.3. The molecule has 6 nitrogen and oxygen atoms in total. The van der Waals surface area contributed by atoms with Gasteiger partial charge in [0.15, 0.2) is 0 Å². The predicted molar refractivity (Wildman–Crippen MR) is 94.8 cm³/mol. The van der Waals surface area contributed by atoms with Gasteiger partial charge in [-0.2, -0.15) is 0 Å². The molecular formula is C19H24N4O2. The smallest absolute Gasteiger partial charge is 0.245 e. The maximum absolute atomic E-state index is 11.5. The molecule has 1 fully saturated rings. The SMILES string of the molecule is COCC(=O)NCC1CCC(c2ncncc2-c2ccncc2)CC1. The zero-order valence-corrected chi connectivity index (χ0v) is 14.5. The highest BCUT2D eigenvalue weighted by molar-refractivity contribution is 5.77. The third kappa shape index (κ3) is 4.60. The van der Waals surface area contributed by atoms with Gasteiger partial charge in [0.25, 0.3) is 0 Å². The first-order valence-corrected chi connectivity index (χ1v) is 8.74. The lowest BCUT2D eigenvalue weighted by Crippen LogP contribution is -2.33. The van der Waals surface area contributed by atoms with Crippen molar-refractivity contribution in [2.45, 2.75) is 31.6 Å². The molecule has 1 saturated carbocycles. The third-order valence-electron chi connectivity index (χ3n) is 4.83. The summed E-state index contributed by atoms with van der Waals surface area (Å²) >= 11 is 0. The summed E-state index contributed by atoms with van der Waals surface area (Å²) in [7, 11) is 1.53. The van der Waals surface area contributed by atoms with Crippen molar-refractivity contribution in [3.63, 3.8) is 0 Å². The van der Waals surface area contributed by atoms with E-state index in [9.17, 15) is 4.79 Å². The van der Waals surface area contributed by atoms with Crippen LogP contribution in [-0.2, 0) is 9.53 Å². The van der Waals surface area contributed by atoms with Gasteiger partial charge in [-0.15, -0.1) is 0 Å². The molecule has 132 valence electrons. The van der Waals surface area contributed by atoms with E-state index >= 15 is 0 Å². The second kappa shape index (κ2) is 8.67. The Bertz CT molecular complexity index is 685. The lowest BCUT2D eigenvalue weighted by molar-refractivity contribution is -0.124. The van der Waals surface area contributed by atoms with Gasteiger partial charge in [0, 0.05) is 43.7 Å². The quantitative estimate of drug-likeness (QED) is 0.874. The first-order valence-electron chi connectivity index (χ1n) is 8.74. The van der Waals surface area contributed by atoms with Crippen molar-refractivity contribution < 1.29 is 9.53 Å². The Balaban J connectivity index is 1.61. The molecule has 0 spiro atoms. The summed E-state index contributed by atoms with van der Waals surface area (Å²) < 4.78 is 4.84. The molecule has 1 aliphatic carbocycles. The summed E-state index contributed by atoms with van der Waals surface area (Å²) in [4.78, 5) is 24.4. The number of carbonyl (C=O) groups is 1. The van der Waals surface area contributed by atoms with Crippen molar-refractivity contribution in [2.24, 2.45) is 5.92 Å². The first kappa shape index (κ1) is 17.5. The molecule has 0 aromatic carbocycles. The Labute approximate surface area is 148 Å². The van der Waals surface area contributed by atoms with E-state index in [0.29, 0.717) is 11.8 Å². The Morgan fingerprint density at radius 1 is 1.20 bits per heavy atom. The van der Waals surface area contributed by atoms with Crippen LogP contribution in [0.3, 0.4) is 0 Å². The minimum absolute atomic E-state index is 0.0413. The third-order valence-corrected chi connectivity index (χ3v) is 4.83. The summed E-state index contributed by atoms with van der Waals surface area (Å²) in [5, 5.41) is 2.95. The molecule has 0 bridgehead atoms. The second-order valence-electron chi connectivity index (χ2n) is 6.51. The molecule has 1 aliphatic rings. The van der Waals surface area contributed by atoms with Crippen LogP contribution in [0.4, 0.5) is 0 Å². The molecule has 2 aromatic heterocycles.